The number of ketones is 1. The number of rotatable bonds is 5. The average molecular weight is 372 g/mol. The molecule has 0 atom stereocenters. The lowest BCUT2D eigenvalue weighted by molar-refractivity contribution is -0.143. The number of likely N-dealkylation sites (tertiary alicyclic amines) is 1. The zero-order valence-corrected chi connectivity index (χ0v) is 16.0. The molecule has 6 nitrogen and oxygen atoms in total. The maximum Gasteiger partial charge on any atom is 0.225 e. The molecule has 1 aromatic rings. The Morgan fingerprint density at radius 2 is 1.63 bits per heavy atom. The van der Waals surface area contributed by atoms with Crippen LogP contribution in [0.1, 0.15) is 41.6 Å². The fraction of sp³-hybridized carbons (Fsp3) is 0.571. The molecule has 2 fully saturated rings. The lowest BCUT2D eigenvalue weighted by Gasteiger charge is -2.35. The van der Waals surface area contributed by atoms with Gasteiger partial charge in [-0.3, -0.25) is 14.4 Å². The Morgan fingerprint density at radius 1 is 0.963 bits per heavy atom. The van der Waals surface area contributed by atoms with E-state index in [1.165, 1.54) is 0 Å². The third-order valence-corrected chi connectivity index (χ3v) is 5.53. The molecule has 0 unspecified atom stereocenters. The summed E-state index contributed by atoms with van der Waals surface area (Å²) in [5.74, 6) is 0.217. The van der Waals surface area contributed by atoms with Crippen molar-refractivity contribution in [3.63, 3.8) is 0 Å². The SMILES string of the molecule is Cc1ccccc1C(=O)CCC(=O)N1CCC(C(=O)N2CCOCC2)CC1. The first-order valence-corrected chi connectivity index (χ1v) is 9.79. The van der Waals surface area contributed by atoms with Crippen molar-refractivity contribution in [3.05, 3.63) is 35.4 Å². The second-order valence-corrected chi connectivity index (χ2v) is 7.33. The first-order valence-electron chi connectivity index (χ1n) is 9.79. The predicted octanol–water partition coefficient (Wildman–Crippen LogP) is 2.06. The highest BCUT2D eigenvalue weighted by atomic mass is 16.5. The molecule has 6 heteroatoms. The smallest absolute Gasteiger partial charge is 0.225 e. The maximum absolute atomic E-state index is 12.6. The van der Waals surface area contributed by atoms with Crippen molar-refractivity contribution in [2.24, 2.45) is 5.92 Å². The lowest BCUT2D eigenvalue weighted by Crippen LogP contribution is -2.47. The normalized spacial score (nSPS) is 18.4. The fourth-order valence-electron chi connectivity index (χ4n) is 3.82. The van der Waals surface area contributed by atoms with Crippen LogP contribution in [0.3, 0.4) is 0 Å². The van der Waals surface area contributed by atoms with E-state index in [0.29, 0.717) is 57.8 Å². The molecule has 27 heavy (non-hydrogen) atoms. The molecular formula is C21H28N2O4. The number of nitrogens with zero attached hydrogens (tertiary/aromatic N) is 2. The van der Waals surface area contributed by atoms with Gasteiger partial charge in [-0.15, -0.1) is 0 Å². The average Bonchev–Trinajstić information content (AvgIpc) is 2.72. The Hall–Kier alpha value is -2.21. The summed E-state index contributed by atoms with van der Waals surface area (Å²) < 4.78 is 5.30. The quantitative estimate of drug-likeness (QED) is 0.742. The molecule has 0 bridgehead atoms. The van der Waals surface area contributed by atoms with E-state index in [-0.39, 0.29) is 36.4 Å². The van der Waals surface area contributed by atoms with Crippen molar-refractivity contribution in [1.82, 2.24) is 9.80 Å². The van der Waals surface area contributed by atoms with Crippen molar-refractivity contribution in [3.8, 4) is 0 Å². The molecule has 0 radical (unpaired) electrons. The number of morpholine rings is 1. The Bertz CT molecular complexity index is 689. The summed E-state index contributed by atoms with van der Waals surface area (Å²) >= 11 is 0. The van der Waals surface area contributed by atoms with Gasteiger partial charge in [0.15, 0.2) is 5.78 Å². The van der Waals surface area contributed by atoms with Crippen LogP contribution in [0.2, 0.25) is 0 Å². The van der Waals surface area contributed by atoms with E-state index in [0.717, 1.165) is 5.56 Å². The molecule has 2 saturated heterocycles. The molecule has 2 aliphatic heterocycles. The van der Waals surface area contributed by atoms with E-state index in [9.17, 15) is 14.4 Å². The summed E-state index contributed by atoms with van der Waals surface area (Å²) in [6.07, 6.45) is 1.87. The Balaban J connectivity index is 1.44. The number of carbonyl (C=O) groups excluding carboxylic acids is 3. The monoisotopic (exact) mass is 372 g/mol. The fourth-order valence-corrected chi connectivity index (χ4v) is 3.82. The van der Waals surface area contributed by atoms with Crippen molar-refractivity contribution >= 4 is 17.6 Å². The molecule has 0 aromatic heterocycles. The number of amides is 2. The molecule has 3 rings (SSSR count). The number of Topliss-reactive ketones (excluding diaryl/α,β-unsaturated/α-hetero) is 1. The topological polar surface area (TPSA) is 66.9 Å². The van der Waals surface area contributed by atoms with Gasteiger partial charge in [-0.2, -0.15) is 0 Å². The summed E-state index contributed by atoms with van der Waals surface area (Å²) in [5.41, 5.74) is 1.64. The first-order chi connectivity index (χ1) is 13.1. The number of piperidine rings is 1. The van der Waals surface area contributed by atoms with E-state index in [2.05, 4.69) is 0 Å². The van der Waals surface area contributed by atoms with Crippen molar-refractivity contribution in [2.45, 2.75) is 32.6 Å². The van der Waals surface area contributed by atoms with Crippen LogP contribution in [0.4, 0.5) is 0 Å². The first kappa shape index (κ1) is 19.5. The number of hydrogen-bond donors (Lipinski definition) is 0. The molecule has 146 valence electrons. The molecule has 0 saturated carbocycles. The predicted molar refractivity (Wildman–Crippen MR) is 101 cm³/mol. The lowest BCUT2D eigenvalue weighted by atomic mass is 9.94. The summed E-state index contributed by atoms with van der Waals surface area (Å²) in [7, 11) is 0. The van der Waals surface area contributed by atoms with Crippen LogP contribution in [0, 0.1) is 12.8 Å². The van der Waals surface area contributed by atoms with E-state index in [1.807, 2.05) is 36.1 Å². The van der Waals surface area contributed by atoms with Gasteiger partial charge in [0.05, 0.1) is 13.2 Å². The minimum Gasteiger partial charge on any atom is -0.378 e. The number of hydrogen-bond acceptors (Lipinski definition) is 4. The zero-order chi connectivity index (χ0) is 19.2. The third kappa shape index (κ3) is 4.95. The van der Waals surface area contributed by atoms with E-state index < -0.39 is 0 Å². The van der Waals surface area contributed by atoms with Crippen LogP contribution in [-0.2, 0) is 14.3 Å². The van der Waals surface area contributed by atoms with Gasteiger partial charge in [-0.05, 0) is 25.3 Å². The van der Waals surface area contributed by atoms with Crippen LogP contribution in [0.25, 0.3) is 0 Å². The Labute approximate surface area is 160 Å². The van der Waals surface area contributed by atoms with Crippen LogP contribution >= 0.6 is 0 Å². The van der Waals surface area contributed by atoms with Gasteiger partial charge < -0.3 is 14.5 Å². The highest BCUT2D eigenvalue weighted by molar-refractivity contribution is 5.99. The molecule has 0 spiro atoms. The van der Waals surface area contributed by atoms with Crippen LogP contribution in [-0.4, -0.2) is 66.8 Å². The number of aryl methyl sites for hydroxylation is 1. The highest BCUT2D eigenvalue weighted by Crippen LogP contribution is 2.21. The zero-order valence-electron chi connectivity index (χ0n) is 16.0. The molecule has 2 amide bonds. The number of benzene rings is 1. The largest absolute Gasteiger partial charge is 0.378 e. The van der Waals surface area contributed by atoms with E-state index in [4.69, 9.17) is 4.74 Å². The van der Waals surface area contributed by atoms with Crippen LogP contribution in [0.5, 0.6) is 0 Å². The standard InChI is InChI=1S/C21H28N2O4/c1-16-4-2-3-5-18(16)19(24)6-7-20(25)22-10-8-17(9-11-22)21(26)23-12-14-27-15-13-23/h2-5,17H,6-15H2,1H3. The summed E-state index contributed by atoms with van der Waals surface area (Å²) in [6.45, 7) is 5.65. The third-order valence-electron chi connectivity index (χ3n) is 5.53. The van der Waals surface area contributed by atoms with Crippen molar-refractivity contribution in [1.29, 1.82) is 0 Å². The summed E-state index contributed by atoms with van der Waals surface area (Å²) in [5, 5.41) is 0. The molecule has 2 aliphatic rings. The van der Waals surface area contributed by atoms with E-state index >= 15 is 0 Å². The maximum atomic E-state index is 12.6. The van der Waals surface area contributed by atoms with Gasteiger partial charge in [0, 0.05) is 50.5 Å². The summed E-state index contributed by atoms with van der Waals surface area (Å²) in [6, 6.07) is 7.47. The molecule has 0 N–H and O–H groups in total. The summed E-state index contributed by atoms with van der Waals surface area (Å²) in [4.78, 5) is 41.0. The van der Waals surface area contributed by atoms with Crippen LogP contribution in [0.15, 0.2) is 24.3 Å². The highest BCUT2D eigenvalue weighted by Gasteiger charge is 2.30. The Morgan fingerprint density at radius 3 is 2.30 bits per heavy atom. The van der Waals surface area contributed by atoms with Gasteiger partial charge in [0.25, 0.3) is 0 Å². The number of ether oxygens (including phenoxy) is 1. The van der Waals surface area contributed by atoms with E-state index in [1.54, 1.807) is 4.90 Å². The molecular weight excluding hydrogens is 344 g/mol. The molecule has 1 aromatic carbocycles. The van der Waals surface area contributed by atoms with Crippen LogP contribution < -0.4 is 0 Å². The van der Waals surface area contributed by atoms with Gasteiger partial charge >= 0.3 is 0 Å². The van der Waals surface area contributed by atoms with Gasteiger partial charge in [0.1, 0.15) is 0 Å². The minimum absolute atomic E-state index is 0.000695. The Kier molecular flexibility index (Phi) is 6.61. The van der Waals surface area contributed by atoms with Crippen molar-refractivity contribution in [2.75, 3.05) is 39.4 Å². The molecule has 0 aliphatic carbocycles. The van der Waals surface area contributed by atoms with Gasteiger partial charge in [-0.25, -0.2) is 0 Å². The second kappa shape index (κ2) is 9.13. The molecule has 2 heterocycles. The minimum atomic E-state index is 0.000695. The number of carbonyl (C=O) groups is 3. The van der Waals surface area contributed by atoms with Crippen molar-refractivity contribution < 1.29 is 19.1 Å². The van der Waals surface area contributed by atoms with Gasteiger partial charge in [0.2, 0.25) is 11.8 Å². The second-order valence-electron chi connectivity index (χ2n) is 7.33. The van der Waals surface area contributed by atoms with Gasteiger partial charge in [-0.1, -0.05) is 24.3 Å².